The monoisotopic (exact) mass is 272 g/mol. The maximum atomic E-state index is 11.7. The van der Waals surface area contributed by atoms with Crippen LogP contribution in [0, 0.1) is 0 Å². The average molecular weight is 272 g/mol. The second-order valence-corrected chi connectivity index (χ2v) is 3.96. The van der Waals surface area contributed by atoms with Gasteiger partial charge in [-0.1, -0.05) is 12.1 Å². The largest absolute Gasteiger partial charge is 0.508 e. The number of hydrogen-bond acceptors (Lipinski definition) is 5. The Labute approximate surface area is 114 Å². The fourth-order valence-corrected chi connectivity index (χ4v) is 1.53. The zero-order valence-corrected chi connectivity index (χ0v) is 10.3. The number of phenolic OH excluding ortho intramolecular Hbond substituents is 3. The molecule has 20 heavy (non-hydrogen) atoms. The molecule has 1 amide bonds. The summed E-state index contributed by atoms with van der Waals surface area (Å²) >= 11 is 0. The molecule has 0 saturated heterocycles. The summed E-state index contributed by atoms with van der Waals surface area (Å²) in [6.45, 7) is 0. The number of para-hydroxylation sites is 1. The van der Waals surface area contributed by atoms with Gasteiger partial charge in [-0.05, 0) is 24.3 Å². The quantitative estimate of drug-likeness (QED) is 0.503. The molecule has 0 aliphatic rings. The van der Waals surface area contributed by atoms with Gasteiger partial charge in [0.1, 0.15) is 17.2 Å². The smallest absolute Gasteiger partial charge is 0.275 e. The third-order valence-electron chi connectivity index (χ3n) is 2.53. The first-order valence-corrected chi connectivity index (χ1v) is 5.71. The molecule has 2 aromatic rings. The molecular weight excluding hydrogens is 260 g/mol. The van der Waals surface area contributed by atoms with Crippen molar-refractivity contribution in [2.75, 3.05) is 0 Å². The molecule has 0 bridgehead atoms. The molecule has 6 heteroatoms. The lowest BCUT2D eigenvalue weighted by Gasteiger charge is -2.02. The van der Waals surface area contributed by atoms with E-state index < -0.39 is 5.91 Å². The van der Waals surface area contributed by atoms with Gasteiger partial charge in [0, 0.05) is 11.6 Å². The SMILES string of the molecule is O=C(N/N=C/c1ccc(O)cc1O)c1ccccc1O. The van der Waals surface area contributed by atoms with Crippen LogP contribution in [0.25, 0.3) is 0 Å². The van der Waals surface area contributed by atoms with Crippen LogP contribution in [0.4, 0.5) is 0 Å². The second-order valence-electron chi connectivity index (χ2n) is 3.96. The molecule has 0 unspecified atom stereocenters. The van der Waals surface area contributed by atoms with Gasteiger partial charge in [0.15, 0.2) is 0 Å². The number of rotatable bonds is 3. The molecule has 0 saturated carbocycles. The summed E-state index contributed by atoms with van der Waals surface area (Å²) < 4.78 is 0. The van der Waals surface area contributed by atoms with E-state index in [1.807, 2.05) is 0 Å². The van der Waals surface area contributed by atoms with Crippen LogP contribution in [0.15, 0.2) is 47.6 Å². The van der Waals surface area contributed by atoms with Crippen LogP contribution in [0.3, 0.4) is 0 Å². The van der Waals surface area contributed by atoms with E-state index in [1.54, 1.807) is 12.1 Å². The highest BCUT2D eigenvalue weighted by atomic mass is 16.3. The van der Waals surface area contributed by atoms with Gasteiger partial charge in [-0.15, -0.1) is 0 Å². The number of hydrogen-bond donors (Lipinski definition) is 4. The molecule has 0 spiro atoms. The van der Waals surface area contributed by atoms with Crippen LogP contribution >= 0.6 is 0 Å². The zero-order chi connectivity index (χ0) is 14.5. The fourth-order valence-electron chi connectivity index (χ4n) is 1.53. The van der Waals surface area contributed by atoms with Gasteiger partial charge >= 0.3 is 0 Å². The van der Waals surface area contributed by atoms with Gasteiger partial charge in [-0.25, -0.2) is 5.43 Å². The lowest BCUT2D eigenvalue weighted by atomic mass is 10.2. The molecule has 2 aromatic carbocycles. The predicted octanol–water partition coefficient (Wildman–Crippen LogP) is 1.57. The molecule has 0 aromatic heterocycles. The Kier molecular flexibility index (Phi) is 3.85. The van der Waals surface area contributed by atoms with Crippen LogP contribution < -0.4 is 5.43 Å². The zero-order valence-electron chi connectivity index (χ0n) is 10.3. The van der Waals surface area contributed by atoms with E-state index in [0.29, 0.717) is 5.56 Å². The standard InChI is InChI=1S/C14H12N2O4/c17-10-6-5-9(13(19)7-10)8-15-16-14(20)11-3-1-2-4-12(11)18/h1-8,17-19H,(H,16,20)/b15-8+. The molecule has 0 fully saturated rings. The number of phenols is 3. The summed E-state index contributed by atoms with van der Waals surface area (Å²) in [5, 5.41) is 31.8. The fraction of sp³-hybridized carbons (Fsp3) is 0. The summed E-state index contributed by atoms with van der Waals surface area (Å²) in [7, 11) is 0. The van der Waals surface area contributed by atoms with Crippen molar-refractivity contribution in [1.82, 2.24) is 5.43 Å². The van der Waals surface area contributed by atoms with E-state index in [-0.39, 0.29) is 22.8 Å². The Morgan fingerprint density at radius 3 is 2.50 bits per heavy atom. The third kappa shape index (κ3) is 3.05. The molecule has 0 radical (unpaired) electrons. The molecule has 0 aliphatic carbocycles. The first-order valence-electron chi connectivity index (χ1n) is 5.71. The summed E-state index contributed by atoms with van der Waals surface area (Å²) in [5.41, 5.74) is 2.66. The maximum absolute atomic E-state index is 11.7. The maximum Gasteiger partial charge on any atom is 0.275 e. The number of aromatic hydroxyl groups is 3. The number of benzene rings is 2. The summed E-state index contributed by atoms with van der Waals surface area (Å²) in [6, 6.07) is 10.1. The minimum Gasteiger partial charge on any atom is -0.508 e. The first-order chi connectivity index (χ1) is 9.58. The molecule has 0 heterocycles. The highest BCUT2D eigenvalue weighted by molar-refractivity contribution is 5.97. The average Bonchev–Trinajstić information content (AvgIpc) is 2.41. The number of carbonyl (C=O) groups excluding carboxylic acids is 1. The molecule has 4 N–H and O–H groups in total. The van der Waals surface area contributed by atoms with E-state index in [9.17, 15) is 15.0 Å². The highest BCUT2D eigenvalue weighted by Crippen LogP contribution is 2.20. The van der Waals surface area contributed by atoms with Crippen molar-refractivity contribution in [3.05, 3.63) is 53.6 Å². The number of hydrazone groups is 1. The molecule has 0 aliphatic heterocycles. The van der Waals surface area contributed by atoms with Gasteiger partial charge in [-0.2, -0.15) is 5.10 Å². The number of amides is 1. The van der Waals surface area contributed by atoms with E-state index in [1.165, 1.54) is 30.5 Å². The number of nitrogens with one attached hydrogen (secondary N) is 1. The van der Waals surface area contributed by atoms with Crippen LogP contribution in [0.5, 0.6) is 17.2 Å². The minimum atomic E-state index is -0.572. The summed E-state index contributed by atoms with van der Waals surface area (Å²) in [6.07, 6.45) is 1.23. The van der Waals surface area contributed by atoms with Gasteiger partial charge in [0.2, 0.25) is 0 Å². The Hall–Kier alpha value is -3.02. The number of nitrogens with zero attached hydrogens (tertiary/aromatic N) is 1. The van der Waals surface area contributed by atoms with Crippen molar-refractivity contribution in [3.8, 4) is 17.2 Å². The van der Waals surface area contributed by atoms with Gasteiger partial charge < -0.3 is 15.3 Å². The van der Waals surface area contributed by atoms with E-state index in [0.717, 1.165) is 6.07 Å². The van der Waals surface area contributed by atoms with Crippen molar-refractivity contribution in [3.63, 3.8) is 0 Å². The van der Waals surface area contributed by atoms with Gasteiger partial charge in [-0.3, -0.25) is 4.79 Å². The Balaban J connectivity index is 2.07. The van der Waals surface area contributed by atoms with Crippen molar-refractivity contribution >= 4 is 12.1 Å². The number of carbonyl (C=O) groups is 1. The molecular formula is C14H12N2O4. The van der Waals surface area contributed by atoms with Crippen molar-refractivity contribution < 1.29 is 20.1 Å². The highest BCUT2D eigenvalue weighted by Gasteiger charge is 2.08. The van der Waals surface area contributed by atoms with Crippen LogP contribution in [-0.2, 0) is 0 Å². The predicted molar refractivity (Wildman–Crippen MR) is 72.9 cm³/mol. The summed E-state index contributed by atoms with van der Waals surface area (Å²) in [4.78, 5) is 11.7. The second kappa shape index (κ2) is 5.75. The van der Waals surface area contributed by atoms with Crippen LogP contribution in [-0.4, -0.2) is 27.4 Å². The van der Waals surface area contributed by atoms with E-state index in [4.69, 9.17) is 5.11 Å². The van der Waals surface area contributed by atoms with Gasteiger partial charge in [0.05, 0.1) is 11.8 Å². The molecule has 2 rings (SSSR count). The van der Waals surface area contributed by atoms with Crippen LogP contribution in [0.1, 0.15) is 15.9 Å². The Bertz CT molecular complexity index is 668. The van der Waals surface area contributed by atoms with E-state index >= 15 is 0 Å². The first kappa shape index (κ1) is 13.4. The van der Waals surface area contributed by atoms with Gasteiger partial charge in [0.25, 0.3) is 5.91 Å². The van der Waals surface area contributed by atoms with Crippen molar-refractivity contribution in [2.45, 2.75) is 0 Å². The topological polar surface area (TPSA) is 102 Å². The Morgan fingerprint density at radius 1 is 1.05 bits per heavy atom. The van der Waals surface area contributed by atoms with E-state index in [2.05, 4.69) is 10.5 Å². The normalized spacial score (nSPS) is 10.6. The van der Waals surface area contributed by atoms with Crippen LogP contribution in [0.2, 0.25) is 0 Å². The van der Waals surface area contributed by atoms with Crippen molar-refractivity contribution in [2.24, 2.45) is 5.10 Å². The minimum absolute atomic E-state index is 0.0714. The lowest BCUT2D eigenvalue weighted by molar-refractivity contribution is 0.0952. The lowest BCUT2D eigenvalue weighted by Crippen LogP contribution is -2.17. The molecule has 0 atom stereocenters. The summed E-state index contributed by atoms with van der Waals surface area (Å²) in [5.74, 6) is -0.950. The molecule has 6 nitrogen and oxygen atoms in total. The van der Waals surface area contributed by atoms with Crippen molar-refractivity contribution in [1.29, 1.82) is 0 Å². The Morgan fingerprint density at radius 2 is 1.80 bits per heavy atom. The third-order valence-corrected chi connectivity index (χ3v) is 2.53. The molecule has 102 valence electrons.